The Kier molecular flexibility index (Phi) is 5.15. The molecule has 0 spiro atoms. The molecule has 2 aromatic carbocycles. The van der Waals surface area contributed by atoms with Crippen LogP contribution in [0.1, 0.15) is 18.9 Å². The van der Waals surface area contributed by atoms with E-state index in [1.54, 1.807) is 6.92 Å². The molecule has 0 saturated heterocycles. The molecule has 2 N–H and O–H groups in total. The predicted octanol–water partition coefficient (Wildman–Crippen LogP) is 2.55. The molecular weight excluding hydrogens is 268 g/mol. The maximum atomic E-state index is 11.6. The van der Waals surface area contributed by atoms with Crippen molar-refractivity contribution >= 4 is 22.8 Å². The number of carbonyl (C=O) groups excluding carboxylic acids is 2. The second kappa shape index (κ2) is 7.28. The molecule has 5 nitrogen and oxygen atoms in total. The third kappa shape index (κ3) is 4.49. The van der Waals surface area contributed by atoms with Gasteiger partial charge in [0.25, 0.3) is 0 Å². The summed E-state index contributed by atoms with van der Waals surface area (Å²) in [6.07, 6.45) is 0.253. The van der Waals surface area contributed by atoms with Crippen LogP contribution in [-0.2, 0) is 16.0 Å². The first-order valence-electron chi connectivity index (χ1n) is 6.88. The van der Waals surface area contributed by atoms with Crippen molar-refractivity contribution in [2.45, 2.75) is 19.8 Å². The van der Waals surface area contributed by atoms with Gasteiger partial charge in [-0.2, -0.15) is 0 Å². The minimum Gasteiger partial charge on any atom is -0.449 e. The predicted molar refractivity (Wildman–Crippen MR) is 80.6 cm³/mol. The number of ether oxygens (including phenoxy) is 1. The summed E-state index contributed by atoms with van der Waals surface area (Å²) in [5.74, 6) is -0.254. The quantitative estimate of drug-likeness (QED) is 0.849. The highest BCUT2D eigenvalue weighted by atomic mass is 16.5. The van der Waals surface area contributed by atoms with Crippen molar-refractivity contribution in [2.75, 3.05) is 6.61 Å². The number of aryl methyl sites for hydroxylation is 1. The van der Waals surface area contributed by atoms with Crippen molar-refractivity contribution in [3.05, 3.63) is 48.0 Å². The Labute approximate surface area is 123 Å². The third-order valence-electron chi connectivity index (χ3n) is 3.03. The zero-order valence-corrected chi connectivity index (χ0v) is 11.9. The van der Waals surface area contributed by atoms with Crippen LogP contribution < -0.4 is 10.9 Å². The molecule has 0 atom stereocenters. The fraction of sp³-hybridized carbons (Fsp3) is 0.250. The maximum Gasteiger partial charge on any atom is 0.426 e. The van der Waals surface area contributed by atoms with E-state index in [2.05, 4.69) is 27.7 Å². The minimum atomic E-state index is -0.656. The second-order valence-corrected chi connectivity index (χ2v) is 4.58. The van der Waals surface area contributed by atoms with E-state index in [-0.39, 0.29) is 12.5 Å². The van der Waals surface area contributed by atoms with Gasteiger partial charge >= 0.3 is 6.09 Å². The number of hydrazine groups is 1. The first-order valence-corrected chi connectivity index (χ1v) is 6.88. The third-order valence-corrected chi connectivity index (χ3v) is 3.03. The SMILES string of the molecule is CCOC(=O)NNC(=O)CCc1ccc2ccccc2c1. The molecule has 0 saturated carbocycles. The van der Waals surface area contributed by atoms with Gasteiger partial charge in [0.2, 0.25) is 5.91 Å². The van der Waals surface area contributed by atoms with E-state index in [0.717, 1.165) is 10.9 Å². The van der Waals surface area contributed by atoms with Crippen molar-refractivity contribution in [3.8, 4) is 0 Å². The van der Waals surface area contributed by atoms with Gasteiger partial charge in [0.1, 0.15) is 0 Å². The largest absolute Gasteiger partial charge is 0.449 e. The Hall–Kier alpha value is -2.56. The van der Waals surface area contributed by atoms with E-state index in [0.29, 0.717) is 12.8 Å². The molecule has 0 aliphatic rings. The maximum absolute atomic E-state index is 11.6. The lowest BCUT2D eigenvalue weighted by atomic mass is 10.0. The van der Waals surface area contributed by atoms with Crippen LogP contribution in [-0.4, -0.2) is 18.6 Å². The molecule has 5 heteroatoms. The summed E-state index contributed by atoms with van der Waals surface area (Å²) in [7, 11) is 0. The van der Waals surface area contributed by atoms with Crippen molar-refractivity contribution in [2.24, 2.45) is 0 Å². The van der Waals surface area contributed by atoms with Gasteiger partial charge < -0.3 is 4.74 Å². The van der Waals surface area contributed by atoms with E-state index < -0.39 is 6.09 Å². The van der Waals surface area contributed by atoms with Crippen molar-refractivity contribution in [1.29, 1.82) is 0 Å². The van der Waals surface area contributed by atoms with Crippen LogP contribution in [0.3, 0.4) is 0 Å². The van der Waals surface area contributed by atoms with E-state index in [9.17, 15) is 9.59 Å². The summed E-state index contributed by atoms with van der Waals surface area (Å²) >= 11 is 0. The zero-order chi connectivity index (χ0) is 15.1. The Bertz CT molecular complexity index is 640. The number of rotatable bonds is 4. The number of carbonyl (C=O) groups is 2. The van der Waals surface area contributed by atoms with Gasteiger partial charge in [-0.05, 0) is 29.7 Å². The second-order valence-electron chi connectivity index (χ2n) is 4.58. The average Bonchev–Trinajstić information content (AvgIpc) is 2.51. The lowest BCUT2D eigenvalue weighted by Crippen LogP contribution is -2.42. The fourth-order valence-electron chi connectivity index (χ4n) is 2.00. The van der Waals surface area contributed by atoms with E-state index in [1.807, 2.05) is 30.3 Å². The molecule has 2 rings (SSSR count). The smallest absolute Gasteiger partial charge is 0.426 e. The van der Waals surface area contributed by atoms with Gasteiger partial charge in [0.15, 0.2) is 0 Å². The molecule has 0 aliphatic carbocycles. The molecule has 0 bridgehead atoms. The number of nitrogens with one attached hydrogen (secondary N) is 2. The summed E-state index contributed by atoms with van der Waals surface area (Å²) in [4.78, 5) is 22.6. The molecule has 0 heterocycles. The van der Waals surface area contributed by atoms with Crippen LogP contribution in [0.25, 0.3) is 10.8 Å². The van der Waals surface area contributed by atoms with Crippen LogP contribution in [0, 0.1) is 0 Å². The highest BCUT2D eigenvalue weighted by molar-refractivity contribution is 5.83. The normalized spacial score (nSPS) is 10.1. The Morgan fingerprint density at radius 1 is 1.05 bits per heavy atom. The molecule has 0 unspecified atom stereocenters. The number of hydrogen-bond donors (Lipinski definition) is 2. The summed E-state index contributed by atoms with van der Waals surface area (Å²) in [6.45, 7) is 1.96. The molecule has 0 aromatic heterocycles. The number of hydrogen-bond acceptors (Lipinski definition) is 3. The van der Waals surface area contributed by atoms with E-state index in [1.165, 1.54) is 5.39 Å². The zero-order valence-electron chi connectivity index (χ0n) is 11.9. The van der Waals surface area contributed by atoms with Crippen molar-refractivity contribution < 1.29 is 14.3 Å². The van der Waals surface area contributed by atoms with Crippen LogP contribution in [0.4, 0.5) is 4.79 Å². The number of benzene rings is 2. The molecule has 2 amide bonds. The number of amides is 2. The highest BCUT2D eigenvalue weighted by Crippen LogP contribution is 2.16. The van der Waals surface area contributed by atoms with E-state index >= 15 is 0 Å². The topological polar surface area (TPSA) is 67.4 Å². The summed E-state index contributed by atoms with van der Waals surface area (Å²) in [5.41, 5.74) is 5.58. The molecule has 0 radical (unpaired) electrons. The van der Waals surface area contributed by atoms with Gasteiger partial charge in [-0.25, -0.2) is 10.2 Å². The summed E-state index contributed by atoms with van der Waals surface area (Å²) in [6, 6.07) is 14.2. The lowest BCUT2D eigenvalue weighted by molar-refractivity contribution is -0.121. The molecule has 0 aliphatic heterocycles. The molecular formula is C16H18N2O3. The first kappa shape index (κ1) is 14.8. The summed E-state index contributed by atoms with van der Waals surface area (Å²) in [5, 5.41) is 2.33. The first-order chi connectivity index (χ1) is 10.2. The Morgan fingerprint density at radius 3 is 2.57 bits per heavy atom. The lowest BCUT2D eigenvalue weighted by Gasteiger charge is -2.07. The van der Waals surface area contributed by atoms with Gasteiger partial charge in [0.05, 0.1) is 6.61 Å². The van der Waals surface area contributed by atoms with E-state index in [4.69, 9.17) is 0 Å². The Morgan fingerprint density at radius 2 is 1.81 bits per heavy atom. The fourth-order valence-corrected chi connectivity index (χ4v) is 2.00. The molecule has 21 heavy (non-hydrogen) atoms. The molecule has 2 aromatic rings. The van der Waals surface area contributed by atoms with Crippen molar-refractivity contribution in [1.82, 2.24) is 10.9 Å². The summed E-state index contributed by atoms with van der Waals surface area (Å²) < 4.78 is 4.64. The average molecular weight is 286 g/mol. The van der Waals surface area contributed by atoms with Crippen LogP contribution >= 0.6 is 0 Å². The Balaban J connectivity index is 1.83. The monoisotopic (exact) mass is 286 g/mol. The highest BCUT2D eigenvalue weighted by Gasteiger charge is 2.05. The standard InChI is InChI=1S/C16H18N2O3/c1-2-21-16(20)18-17-15(19)10-8-12-7-9-13-5-3-4-6-14(13)11-12/h3-7,9,11H,2,8,10H2,1H3,(H,17,19)(H,18,20). The van der Waals surface area contributed by atoms with Gasteiger partial charge in [-0.15, -0.1) is 0 Å². The number of fused-ring (bicyclic) bond motifs is 1. The van der Waals surface area contributed by atoms with Gasteiger partial charge in [0, 0.05) is 6.42 Å². The van der Waals surface area contributed by atoms with Crippen LogP contribution in [0.2, 0.25) is 0 Å². The van der Waals surface area contributed by atoms with Crippen molar-refractivity contribution in [3.63, 3.8) is 0 Å². The van der Waals surface area contributed by atoms with Crippen LogP contribution in [0.15, 0.2) is 42.5 Å². The molecule has 110 valence electrons. The minimum absolute atomic E-state index is 0.254. The van der Waals surface area contributed by atoms with Crippen LogP contribution in [0.5, 0.6) is 0 Å². The molecule has 0 fully saturated rings. The van der Waals surface area contributed by atoms with Gasteiger partial charge in [-0.1, -0.05) is 42.5 Å². The van der Waals surface area contributed by atoms with Gasteiger partial charge in [-0.3, -0.25) is 10.2 Å².